The van der Waals surface area contributed by atoms with E-state index in [0.717, 1.165) is 19.1 Å². The molecule has 0 spiro atoms. The molecular weight excluding hydrogens is 484 g/mol. The van der Waals surface area contributed by atoms with Crippen molar-refractivity contribution in [2.45, 2.75) is 51.6 Å². The summed E-state index contributed by atoms with van der Waals surface area (Å²) in [5.74, 6) is -2.46. The number of carbonyl (C=O) groups is 1. The highest BCUT2D eigenvalue weighted by atomic mass is 35.5. The molecule has 0 radical (unpaired) electrons. The molecule has 3 heterocycles. The van der Waals surface area contributed by atoms with Gasteiger partial charge in [-0.05, 0) is 32.9 Å². The maximum atomic E-state index is 15.1. The molecule has 1 aliphatic rings. The van der Waals surface area contributed by atoms with Crippen LogP contribution in [0.3, 0.4) is 0 Å². The second-order valence-electron chi connectivity index (χ2n) is 8.10. The Hall–Kier alpha value is -3.19. The number of aromatic amines is 1. The number of nitrogens with one attached hydrogen (secondary N) is 2. The Kier molecular flexibility index (Phi) is 5.80. The van der Waals surface area contributed by atoms with Gasteiger partial charge < -0.3 is 15.2 Å². The highest BCUT2D eigenvalue weighted by molar-refractivity contribution is 6.33. The first-order valence-corrected chi connectivity index (χ1v) is 10.4. The van der Waals surface area contributed by atoms with E-state index in [1.54, 1.807) is 6.92 Å². The molecule has 0 saturated carbocycles. The number of ether oxygens (including phenoxy) is 1. The van der Waals surface area contributed by atoms with Gasteiger partial charge >= 0.3 is 6.18 Å². The van der Waals surface area contributed by atoms with E-state index in [9.17, 15) is 23.1 Å². The lowest BCUT2D eigenvalue weighted by Gasteiger charge is -2.20. The zero-order valence-electron chi connectivity index (χ0n) is 18.1. The monoisotopic (exact) mass is 502 g/mol. The van der Waals surface area contributed by atoms with Crippen LogP contribution in [0.5, 0.6) is 5.75 Å². The van der Waals surface area contributed by atoms with E-state index in [0.29, 0.717) is 18.7 Å². The summed E-state index contributed by atoms with van der Waals surface area (Å²) < 4.78 is 61.1. The average Bonchev–Trinajstić information content (AvgIpc) is 3.39. The lowest BCUT2D eigenvalue weighted by molar-refractivity contribution is -0.189. The van der Waals surface area contributed by atoms with Gasteiger partial charge in [0.25, 0.3) is 5.91 Å². The fourth-order valence-corrected chi connectivity index (χ4v) is 3.66. The highest BCUT2D eigenvalue weighted by Gasteiger charge is 2.39. The van der Waals surface area contributed by atoms with Gasteiger partial charge in [0, 0.05) is 13.0 Å². The van der Waals surface area contributed by atoms with E-state index in [1.807, 2.05) is 0 Å². The van der Waals surface area contributed by atoms with Crippen molar-refractivity contribution in [3.63, 3.8) is 0 Å². The second kappa shape index (κ2) is 8.24. The summed E-state index contributed by atoms with van der Waals surface area (Å²) in [6, 6.07) is 1.66. The molecule has 3 aromatic rings. The average molecular weight is 503 g/mol. The van der Waals surface area contributed by atoms with Gasteiger partial charge in [0.05, 0.1) is 16.8 Å². The number of carbonyl (C=O) groups excluding carboxylic acids is 1. The van der Waals surface area contributed by atoms with Crippen molar-refractivity contribution in [3.8, 4) is 17.1 Å². The van der Waals surface area contributed by atoms with Crippen molar-refractivity contribution in [2.24, 2.45) is 0 Å². The maximum absolute atomic E-state index is 15.1. The Morgan fingerprint density at radius 1 is 1.41 bits per heavy atom. The molecule has 0 bridgehead atoms. The van der Waals surface area contributed by atoms with Crippen LogP contribution >= 0.6 is 11.6 Å². The van der Waals surface area contributed by atoms with Gasteiger partial charge in [-0.25, -0.2) is 14.1 Å². The fourth-order valence-electron chi connectivity index (χ4n) is 3.43. The van der Waals surface area contributed by atoms with Crippen LogP contribution in [0.25, 0.3) is 11.4 Å². The highest BCUT2D eigenvalue weighted by Crippen LogP contribution is 2.36. The van der Waals surface area contributed by atoms with Crippen LogP contribution in [-0.2, 0) is 12.1 Å². The molecule has 1 amide bonds. The second-order valence-corrected chi connectivity index (χ2v) is 8.46. The number of amides is 1. The minimum absolute atomic E-state index is 0.0837. The lowest BCUT2D eigenvalue weighted by Crippen LogP contribution is -2.32. The Morgan fingerprint density at radius 3 is 2.71 bits per heavy atom. The molecule has 9 nitrogen and oxygen atoms in total. The number of alkyl halides is 3. The van der Waals surface area contributed by atoms with Gasteiger partial charge in [0.15, 0.2) is 22.9 Å². The first kappa shape index (κ1) is 24.0. The largest absolute Gasteiger partial charge is 0.480 e. The number of fused-ring (bicyclic) bond motifs is 1. The predicted molar refractivity (Wildman–Crippen MR) is 112 cm³/mol. The van der Waals surface area contributed by atoms with Crippen molar-refractivity contribution in [1.82, 2.24) is 25.0 Å². The number of anilines is 1. The van der Waals surface area contributed by atoms with Crippen molar-refractivity contribution in [2.75, 3.05) is 5.32 Å². The SMILES string of the molecule is Cc1[nH]nc(Cl)c1NC(=O)c1cc(F)c(-c2nc3n(n2)CC[C@@]3(C)O)cc1O[C@@H](C)C(F)(F)F. The number of benzene rings is 1. The van der Waals surface area contributed by atoms with Gasteiger partial charge in [-0.15, -0.1) is 0 Å². The number of aromatic nitrogens is 5. The summed E-state index contributed by atoms with van der Waals surface area (Å²) in [4.78, 5) is 17.0. The zero-order chi connectivity index (χ0) is 25.0. The molecule has 4 rings (SSSR count). The summed E-state index contributed by atoms with van der Waals surface area (Å²) in [5.41, 5.74) is -1.62. The normalized spacial score (nSPS) is 18.6. The molecule has 0 unspecified atom stereocenters. The Morgan fingerprint density at radius 2 is 2.12 bits per heavy atom. The van der Waals surface area contributed by atoms with Crippen LogP contribution in [0.2, 0.25) is 5.15 Å². The molecule has 0 fully saturated rings. The molecule has 0 saturated heterocycles. The molecule has 2 aromatic heterocycles. The molecule has 14 heteroatoms. The Labute approximate surface area is 195 Å². The molecule has 34 heavy (non-hydrogen) atoms. The summed E-state index contributed by atoms with van der Waals surface area (Å²) in [6.07, 6.45) is -6.70. The maximum Gasteiger partial charge on any atom is 0.425 e. The number of aryl methyl sites for hydroxylation is 2. The van der Waals surface area contributed by atoms with Crippen molar-refractivity contribution in [1.29, 1.82) is 0 Å². The van der Waals surface area contributed by atoms with Crippen molar-refractivity contribution >= 4 is 23.2 Å². The third kappa shape index (κ3) is 4.32. The third-order valence-corrected chi connectivity index (χ3v) is 5.70. The van der Waals surface area contributed by atoms with E-state index in [-0.39, 0.29) is 28.1 Å². The quantitative estimate of drug-likeness (QED) is 0.454. The van der Waals surface area contributed by atoms with Gasteiger partial charge in [-0.1, -0.05) is 11.6 Å². The van der Waals surface area contributed by atoms with Crippen molar-refractivity contribution < 1.29 is 32.2 Å². The molecule has 1 aliphatic heterocycles. The van der Waals surface area contributed by atoms with Crippen molar-refractivity contribution in [3.05, 3.63) is 40.2 Å². The van der Waals surface area contributed by atoms with E-state index in [2.05, 4.69) is 25.6 Å². The Bertz CT molecular complexity index is 1250. The summed E-state index contributed by atoms with van der Waals surface area (Å²) >= 11 is 5.91. The number of nitrogens with zero attached hydrogens (tertiary/aromatic N) is 4. The van der Waals surface area contributed by atoms with E-state index >= 15 is 4.39 Å². The summed E-state index contributed by atoms with van der Waals surface area (Å²) in [7, 11) is 0. The first-order chi connectivity index (χ1) is 15.8. The predicted octanol–water partition coefficient (Wildman–Crippen LogP) is 3.96. The van der Waals surface area contributed by atoms with Crippen LogP contribution in [-0.4, -0.2) is 48.3 Å². The molecular formula is C20H19ClF4N6O3. The van der Waals surface area contributed by atoms with Gasteiger partial charge in [-0.3, -0.25) is 9.89 Å². The lowest BCUT2D eigenvalue weighted by atomic mass is 10.1. The molecule has 0 aliphatic carbocycles. The van der Waals surface area contributed by atoms with Crippen LogP contribution in [0.15, 0.2) is 12.1 Å². The van der Waals surface area contributed by atoms with Gasteiger partial charge in [-0.2, -0.15) is 23.4 Å². The number of halogens is 5. The fraction of sp³-hybridized carbons (Fsp3) is 0.400. The third-order valence-electron chi connectivity index (χ3n) is 5.42. The molecule has 1 aromatic carbocycles. The van der Waals surface area contributed by atoms with Gasteiger partial charge in [0.1, 0.15) is 22.9 Å². The van der Waals surface area contributed by atoms with Crippen LogP contribution < -0.4 is 10.1 Å². The smallest absolute Gasteiger partial charge is 0.425 e. The number of H-pyrrole nitrogens is 1. The number of hydrogen-bond acceptors (Lipinski definition) is 6. The van der Waals surface area contributed by atoms with E-state index in [1.165, 1.54) is 11.6 Å². The van der Waals surface area contributed by atoms with E-state index in [4.69, 9.17) is 16.3 Å². The topological polar surface area (TPSA) is 118 Å². The number of hydrogen-bond donors (Lipinski definition) is 3. The van der Waals surface area contributed by atoms with Crippen LogP contribution in [0, 0.1) is 12.7 Å². The van der Waals surface area contributed by atoms with Crippen LogP contribution in [0.4, 0.5) is 23.2 Å². The zero-order valence-corrected chi connectivity index (χ0v) is 18.8. The first-order valence-electron chi connectivity index (χ1n) is 10.0. The molecule has 3 N–H and O–H groups in total. The molecule has 182 valence electrons. The molecule has 2 atom stereocenters. The summed E-state index contributed by atoms with van der Waals surface area (Å²) in [5, 5.41) is 23.1. The number of aliphatic hydroxyl groups is 1. The Balaban J connectivity index is 1.77. The van der Waals surface area contributed by atoms with Crippen LogP contribution in [0.1, 0.15) is 42.1 Å². The van der Waals surface area contributed by atoms with E-state index < -0.39 is 40.9 Å². The minimum Gasteiger partial charge on any atom is -0.480 e. The minimum atomic E-state index is -4.75. The number of rotatable bonds is 5. The summed E-state index contributed by atoms with van der Waals surface area (Å²) in [6.45, 7) is 4.16. The van der Waals surface area contributed by atoms with Gasteiger partial charge in [0.2, 0.25) is 0 Å². The standard InChI is InChI=1S/C20H19ClF4N6O3/c1-8-14(15(21)29-28-8)26-17(32)11-6-12(22)10(7-13(11)34-9(2)20(23,24)25)16-27-18-19(3,33)4-5-31(18)30-16/h6-7,9,33H,4-5H2,1-3H3,(H,26,32)(H,28,29)/t9-,19+/m0/s1.